The van der Waals surface area contributed by atoms with E-state index in [-0.39, 0.29) is 18.6 Å². The van der Waals surface area contributed by atoms with Gasteiger partial charge in [0.25, 0.3) is 0 Å². The molecule has 20 heavy (non-hydrogen) atoms. The average molecular weight is 315 g/mol. The number of aryl methyl sites for hydroxylation is 2. The molecule has 3 rings (SSSR count). The van der Waals surface area contributed by atoms with Gasteiger partial charge in [-0.15, -0.1) is 11.3 Å². The first-order valence-electron chi connectivity index (χ1n) is 7.12. The number of rotatable bonds is 4. The van der Waals surface area contributed by atoms with Crippen molar-refractivity contribution in [2.45, 2.75) is 43.4 Å². The summed E-state index contributed by atoms with van der Waals surface area (Å²) in [6, 6.07) is 1.65. The lowest BCUT2D eigenvalue weighted by molar-refractivity contribution is 0.153. The first kappa shape index (κ1) is 14.5. The summed E-state index contributed by atoms with van der Waals surface area (Å²) in [5, 5.41) is 9.54. The van der Waals surface area contributed by atoms with Gasteiger partial charge in [-0.3, -0.25) is 0 Å². The quantitative estimate of drug-likeness (QED) is 0.893. The number of hydrogen-bond donors (Lipinski definition) is 2. The van der Waals surface area contributed by atoms with Crippen LogP contribution in [0.2, 0.25) is 0 Å². The zero-order valence-corrected chi connectivity index (χ0v) is 13.4. The van der Waals surface area contributed by atoms with E-state index in [1.54, 1.807) is 6.07 Å². The van der Waals surface area contributed by atoms with Crippen LogP contribution in [0, 0.1) is 31.6 Å². The second kappa shape index (κ2) is 5.09. The highest BCUT2D eigenvalue weighted by molar-refractivity contribution is 7.91. The molecule has 2 aliphatic rings. The SMILES string of the molecule is Cc1cc(S(=O)(=O)NC2C3CCC(C3)C2CO)sc1C. The summed E-state index contributed by atoms with van der Waals surface area (Å²) in [4.78, 5) is 1.04. The molecular formula is C14H21NO3S2. The summed E-state index contributed by atoms with van der Waals surface area (Å²) >= 11 is 1.32. The third-order valence-electron chi connectivity index (χ3n) is 5.00. The van der Waals surface area contributed by atoms with Gasteiger partial charge in [-0.05, 0) is 56.6 Å². The highest BCUT2D eigenvalue weighted by Crippen LogP contribution is 2.48. The molecule has 2 bridgehead atoms. The van der Waals surface area contributed by atoms with Crippen molar-refractivity contribution in [3.8, 4) is 0 Å². The standard InChI is InChI=1S/C14H21NO3S2/c1-8-5-13(19-9(8)2)20(17,18)15-14-11-4-3-10(6-11)12(14)7-16/h5,10-12,14-16H,3-4,6-7H2,1-2H3. The van der Waals surface area contributed by atoms with Gasteiger partial charge < -0.3 is 5.11 Å². The van der Waals surface area contributed by atoms with Crippen molar-refractivity contribution in [3.05, 3.63) is 16.5 Å². The number of hydrogen-bond acceptors (Lipinski definition) is 4. The van der Waals surface area contributed by atoms with Crippen molar-refractivity contribution < 1.29 is 13.5 Å². The van der Waals surface area contributed by atoms with E-state index in [9.17, 15) is 13.5 Å². The second-order valence-electron chi connectivity index (χ2n) is 6.13. The molecule has 6 heteroatoms. The molecule has 1 aromatic rings. The van der Waals surface area contributed by atoms with E-state index in [1.165, 1.54) is 11.3 Å². The zero-order chi connectivity index (χ0) is 14.5. The fourth-order valence-corrected chi connectivity index (χ4v) is 6.65. The Hall–Kier alpha value is -0.430. The minimum Gasteiger partial charge on any atom is -0.396 e. The van der Waals surface area contributed by atoms with Crippen LogP contribution in [0.15, 0.2) is 10.3 Å². The minimum atomic E-state index is -3.45. The number of fused-ring (bicyclic) bond motifs is 2. The van der Waals surface area contributed by atoms with Gasteiger partial charge in [0.05, 0.1) is 0 Å². The van der Waals surface area contributed by atoms with Gasteiger partial charge in [0, 0.05) is 23.4 Å². The maximum Gasteiger partial charge on any atom is 0.250 e. The number of thiophene rings is 1. The zero-order valence-electron chi connectivity index (χ0n) is 11.8. The van der Waals surface area contributed by atoms with Gasteiger partial charge in [0.15, 0.2) is 0 Å². The van der Waals surface area contributed by atoms with Crippen LogP contribution in [0.1, 0.15) is 29.7 Å². The number of aliphatic hydroxyl groups excluding tert-OH is 1. The largest absolute Gasteiger partial charge is 0.396 e. The number of sulfonamides is 1. The van der Waals surface area contributed by atoms with Crippen molar-refractivity contribution >= 4 is 21.4 Å². The predicted molar refractivity (Wildman–Crippen MR) is 79.3 cm³/mol. The molecule has 0 saturated heterocycles. The fourth-order valence-electron chi connectivity index (χ4n) is 3.77. The second-order valence-corrected chi connectivity index (χ2v) is 9.33. The van der Waals surface area contributed by atoms with Gasteiger partial charge in [-0.25, -0.2) is 13.1 Å². The Morgan fingerprint density at radius 2 is 2.05 bits per heavy atom. The van der Waals surface area contributed by atoms with Crippen LogP contribution in [0.25, 0.3) is 0 Å². The molecule has 0 amide bonds. The average Bonchev–Trinajstić information content (AvgIpc) is 3.05. The number of nitrogens with one attached hydrogen (secondary N) is 1. The molecule has 1 heterocycles. The summed E-state index contributed by atoms with van der Waals surface area (Å²) in [5.74, 6) is 0.976. The van der Waals surface area contributed by atoms with Gasteiger partial charge in [-0.2, -0.15) is 0 Å². The third-order valence-corrected chi connectivity index (χ3v) is 8.08. The van der Waals surface area contributed by atoms with Gasteiger partial charge in [0.2, 0.25) is 10.0 Å². The van der Waals surface area contributed by atoms with Crippen molar-refractivity contribution in [1.82, 2.24) is 4.72 Å². The Balaban J connectivity index is 1.83. The molecular weight excluding hydrogens is 294 g/mol. The van der Waals surface area contributed by atoms with Gasteiger partial charge in [0.1, 0.15) is 4.21 Å². The number of aliphatic hydroxyl groups is 1. The van der Waals surface area contributed by atoms with E-state index in [0.717, 1.165) is 29.7 Å². The molecule has 0 aromatic carbocycles. The van der Waals surface area contributed by atoms with E-state index in [1.807, 2.05) is 13.8 Å². The Bertz CT molecular complexity index is 588. The Labute approximate surface area is 124 Å². The first-order chi connectivity index (χ1) is 9.42. The van der Waals surface area contributed by atoms with E-state index in [4.69, 9.17) is 0 Å². The van der Waals surface area contributed by atoms with Crippen LogP contribution in [0.5, 0.6) is 0 Å². The van der Waals surface area contributed by atoms with Crippen LogP contribution in [0.3, 0.4) is 0 Å². The van der Waals surface area contributed by atoms with E-state index in [0.29, 0.717) is 16.0 Å². The van der Waals surface area contributed by atoms with Crippen LogP contribution < -0.4 is 4.72 Å². The molecule has 2 N–H and O–H groups in total. The molecule has 2 fully saturated rings. The molecule has 1 aromatic heterocycles. The van der Waals surface area contributed by atoms with Crippen molar-refractivity contribution in [1.29, 1.82) is 0 Å². The molecule has 4 unspecified atom stereocenters. The molecule has 2 saturated carbocycles. The predicted octanol–water partition coefficient (Wildman–Crippen LogP) is 2.05. The van der Waals surface area contributed by atoms with Crippen LogP contribution in [0.4, 0.5) is 0 Å². The van der Waals surface area contributed by atoms with Crippen molar-refractivity contribution in [2.24, 2.45) is 17.8 Å². The Morgan fingerprint density at radius 3 is 2.65 bits per heavy atom. The normalized spacial score (nSPS) is 33.0. The van der Waals surface area contributed by atoms with Gasteiger partial charge >= 0.3 is 0 Å². The molecule has 2 aliphatic carbocycles. The van der Waals surface area contributed by atoms with E-state index < -0.39 is 10.0 Å². The van der Waals surface area contributed by atoms with E-state index in [2.05, 4.69) is 4.72 Å². The first-order valence-corrected chi connectivity index (χ1v) is 9.42. The third kappa shape index (κ3) is 2.32. The summed E-state index contributed by atoms with van der Waals surface area (Å²) in [5.41, 5.74) is 1.02. The minimum absolute atomic E-state index is 0.0802. The lowest BCUT2D eigenvalue weighted by atomic mass is 9.86. The maximum absolute atomic E-state index is 12.5. The summed E-state index contributed by atoms with van der Waals surface area (Å²) in [6.07, 6.45) is 3.27. The van der Waals surface area contributed by atoms with Crippen molar-refractivity contribution in [3.63, 3.8) is 0 Å². The van der Waals surface area contributed by atoms with Crippen LogP contribution >= 0.6 is 11.3 Å². The molecule has 4 atom stereocenters. The Kier molecular flexibility index (Phi) is 3.69. The molecule has 4 nitrogen and oxygen atoms in total. The highest BCUT2D eigenvalue weighted by Gasteiger charge is 2.48. The molecule has 0 aliphatic heterocycles. The lowest BCUT2D eigenvalue weighted by Crippen LogP contribution is -2.44. The smallest absolute Gasteiger partial charge is 0.250 e. The topological polar surface area (TPSA) is 66.4 Å². The van der Waals surface area contributed by atoms with Crippen molar-refractivity contribution in [2.75, 3.05) is 6.61 Å². The fraction of sp³-hybridized carbons (Fsp3) is 0.714. The van der Waals surface area contributed by atoms with Gasteiger partial charge in [-0.1, -0.05) is 0 Å². The maximum atomic E-state index is 12.5. The lowest BCUT2D eigenvalue weighted by Gasteiger charge is -2.29. The van der Waals surface area contributed by atoms with Crippen LogP contribution in [-0.4, -0.2) is 26.2 Å². The summed E-state index contributed by atoms with van der Waals surface area (Å²) in [6.45, 7) is 3.95. The monoisotopic (exact) mass is 315 g/mol. The molecule has 112 valence electrons. The van der Waals surface area contributed by atoms with E-state index >= 15 is 0 Å². The summed E-state index contributed by atoms with van der Waals surface area (Å²) < 4.78 is 28.3. The summed E-state index contributed by atoms with van der Waals surface area (Å²) in [7, 11) is -3.45. The Morgan fingerprint density at radius 1 is 1.35 bits per heavy atom. The molecule has 0 radical (unpaired) electrons. The highest BCUT2D eigenvalue weighted by atomic mass is 32.2. The molecule has 0 spiro atoms. The van der Waals surface area contributed by atoms with Crippen LogP contribution in [-0.2, 0) is 10.0 Å².